The molecule has 6 heteroatoms. The molecule has 1 amide bonds. The summed E-state index contributed by atoms with van der Waals surface area (Å²) in [5.74, 6) is 0.00826. The molecule has 2 aromatic carbocycles. The maximum absolute atomic E-state index is 12.3. The van der Waals surface area contributed by atoms with Gasteiger partial charge in [0.2, 0.25) is 5.91 Å². The summed E-state index contributed by atoms with van der Waals surface area (Å²) in [5, 5.41) is 10.7. The predicted molar refractivity (Wildman–Crippen MR) is 102 cm³/mol. The number of piperazine rings is 1. The van der Waals surface area contributed by atoms with E-state index in [1.165, 1.54) is 17.7 Å². The predicted octanol–water partition coefficient (Wildman–Crippen LogP) is 3.27. The van der Waals surface area contributed by atoms with E-state index >= 15 is 0 Å². The smallest absolute Gasteiger partial charge is 0.269 e. The third-order valence-electron chi connectivity index (χ3n) is 4.51. The van der Waals surface area contributed by atoms with E-state index in [1.54, 1.807) is 18.2 Å². The van der Waals surface area contributed by atoms with Crippen LogP contribution < -0.4 is 4.90 Å². The molecule has 1 aliphatic rings. The first kappa shape index (κ1) is 17.7. The second-order valence-electron chi connectivity index (χ2n) is 6.33. The number of amides is 1. The molecule has 0 saturated carbocycles. The van der Waals surface area contributed by atoms with Crippen molar-refractivity contribution in [3.05, 3.63) is 75.8 Å². The Hall–Kier alpha value is -3.15. The van der Waals surface area contributed by atoms with E-state index in [4.69, 9.17) is 0 Å². The normalized spacial score (nSPS) is 14.7. The van der Waals surface area contributed by atoms with Crippen molar-refractivity contribution >= 4 is 23.4 Å². The first-order chi connectivity index (χ1) is 12.5. The van der Waals surface area contributed by atoms with Gasteiger partial charge in [0.15, 0.2) is 0 Å². The number of hydrogen-bond acceptors (Lipinski definition) is 4. The highest BCUT2D eigenvalue weighted by Crippen LogP contribution is 2.20. The molecule has 0 radical (unpaired) electrons. The number of nitrogens with zero attached hydrogens (tertiary/aromatic N) is 3. The number of carbonyl (C=O) groups excluding carboxylic acids is 1. The molecule has 1 heterocycles. The number of aryl methyl sites for hydroxylation is 1. The summed E-state index contributed by atoms with van der Waals surface area (Å²) in [4.78, 5) is 26.6. The minimum absolute atomic E-state index is 0.00826. The van der Waals surface area contributed by atoms with Crippen LogP contribution in [0.4, 0.5) is 11.4 Å². The Kier molecular flexibility index (Phi) is 5.31. The van der Waals surface area contributed by atoms with Crippen molar-refractivity contribution in [2.75, 3.05) is 31.1 Å². The largest absolute Gasteiger partial charge is 0.368 e. The third-order valence-corrected chi connectivity index (χ3v) is 4.51. The van der Waals surface area contributed by atoms with Crippen LogP contribution in [0.25, 0.3) is 6.08 Å². The lowest BCUT2D eigenvalue weighted by molar-refractivity contribution is -0.384. The molecular formula is C20H21N3O3. The molecule has 0 atom stereocenters. The van der Waals surface area contributed by atoms with Crippen LogP contribution in [-0.2, 0) is 4.79 Å². The first-order valence-electron chi connectivity index (χ1n) is 8.56. The Bertz CT molecular complexity index is 805. The van der Waals surface area contributed by atoms with Gasteiger partial charge in [0, 0.05) is 50.1 Å². The van der Waals surface area contributed by atoms with Crippen LogP contribution in [0.1, 0.15) is 11.1 Å². The van der Waals surface area contributed by atoms with Gasteiger partial charge in [-0.05, 0) is 30.7 Å². The number of anilines is 1. The lowest BCUT2D eigenvalue weighted by Crippen LogP contribution is -2.48. The number of benzene rings is 2. The van der Waals surface area contributed by atoms with E-state index < -0.39 is 4.92 Å². The minimum atomic E-state index is -0.402. The van der Waals surface area contributed by atoms with E-state index in [9.17, 15) is 14.9 Å². The fraction of sp³-hybridized carbons (Fsp3) is 0.250. The van der Waals surface area contributed by atoms with Crippen molar-refractivity contribution in [2.24, 2.45) is 0 Å². The molecule has 0 N–H and O–H groups in total. The quantitative estimate of drug-likeness (QED) is 0.482. The average molecular weight is 351 g/mol. The van der Waals surface area contributed by atoms with Gasteiger partial charge in [0.25, 0.3) is 5.69 Å². The molecule has 0 aliphatic carbocycles. The summed E-state index contributed by atoms with van der Waals surface area (Å²) in [6.45, 7) is 4.72. The Balaban J connectivity index is 1.55. The highest BCUT2D eigenvalue weighted by molar-refractivity contribution is 5.92. The zero-order valence-electron chi connectivity index (χ0n) is 14.7. The summed E-state index contributed by atoms with van der Waals surface area (Å²) in [5.41, 5.74) is 3.23. The monoisotopic (exact) mass is 351 g/mol. The standard InChI is InChI=1S/C20H21N3O3/c1-16-2-4-17(5-3-16)6-11-20(24)22-14-12-21(13-15-22)18-7-9-19(10-8-18)23(25)26/h2-11H,12-15H2,1H3/b11-6-. The van der Waals surface area contributed by atoms with Crippen molar-refractivity contribution in [2.45, 2.75) is 6.92 Å². The Morgan fingerprint density at radius 2 is 1.62 bits per heavy atom. The van der Waals surface area contributed by atoms with E-state index in [2.05, 4.69) is 4.90 Å². The molecule has 26 heavy (non-hydrogen) atoms. The molecule has 0 aromatic heterocycles. The maximum Gasteiger partial charge on any atom is 0.269 e. The number of hydrogen-bond donors (Lipinski definition) is 0. The fourth-order valence-corrected chi connectivity index (χ4v) is 2.92. The van der Waals surface area contributed by atoms with Gasteiger partial charge in [-0.1, -0.05) is 29.8 Å². The van der Waals surface area contributed by atoms with Crippen LogP contribution in [-0.4, -0.2) is 41.9 Å². The van der Waals surface area contributed by atoms with Crippen molar-refractivity contribution in [1.82, 2.24) is 4.90 Å². The van der Waals surface area contributed by atoms with E-state index in [0.29, 0.717) is 26.2 Å². The molecule has 2 aromatic rings. The first-order valence-corrected chi connectivity index (χ1v) is 8.56. The maximum atomic E-state index is 12.3. The van der Waals surface area contributed by atoms with Gasteiger partial charge < -0.3 is 9.80 Å². The second kappa shape index (κ2) is 7.82. The van der Waals surface area contributed by atoms with Gasteiger partial charge in [-0.25, -0.2) is 0 Å². The van der Waals surface area contributed by atoms with E-state index in [-0.39, 0.29) is 11.6 Å². The summed E-state index contributed by atoms with van der Waals surface area (Å²) in [6.07, 6.45) is 3.46. The lowest BCUT2D eigenvalue weighted by Gasteiger charge is -2.35. The van der Waals surface area contributed by atoms with Gasteiger partial charge >= 0.3 is 0 Å². The number of nitro groups is 1. The van der Waals surface area contributed by atoms with Crippen molar-refractivity contribution in [3.8, 4) is 0 Å². The molecule has 3 rings (SSSR count). The third kappa shape index (κ3) is 4.27. The summed E-state index contributed by atoms with van der Waals surface area (Å²) < 4.78 is 0. The van der Waals surface area contributed by atoms with E-state index in [1.807, 2.05) is 42.2 Å². The van der Waals surface area contributed by atoms with Gasteiger partial charge in [-0.3, -0.25) is 14.9 Å². The van der Waals surface area contributed by atoms with E-state index in [0.717, 1.165) is 11.3 Å². The van der Waals surface area contributed by atoms with Gasteiger partial charge in [-0.15, -0.1) is 0 Å². The zero-order valence-corrected chi connectivity index (χ0v) is 14.7. The molecule has 0 spiro atoms. The molecule has 134 valence electrons. The molecule has 1 fully saturated rings. The molecule has 1 aliphatic heterocycles. The molecular weight excluding hydrogens is 330 g/mol. The molecule has 0 unspecified atom stereocenters. The molecule has 1 saturated heterocycles. The Morgan fingerprint density at radius 1 is 1.00 bits per heavy atom. The van der Waals surface area contributed by atoms with Crippen LogP contribution in [0.15, 0.2) is 54.6 Å². The number of nitro benzene ring substituents is 1. The van der Waals surface area contributed by atoms with Gasteiger partial charge in [0.1, 0.15) is 0 Å². The van der Waals surface area contributed by atoms with Gasteiger partial charge in [-0.2, -0.15) is 0 Å². The van der Waals surface area contributed by atoms with Gasteiger partial charge in [0.05, 0.1) is 4.92 Å². The zero-order chi connectivity index (χ0) is 18.5. The molecule has 0 bridgehead atoms. The summed E-state index contributed by atoms with van der Waals surface area (Å²) >= 11 is 0. The van der Waals surface area contributed by atoms with Crippen LogP contribution in [0.5, 0.6) is 0 Å². The topological polar surface area (TPSA) is 66.7 Å². The number of carbonyl (C=O) groups is 1. The SMILES string of the molecule is Cc1ccc(/C=C\C(=O)N2CCN(c3ccc([N+](=O)[O-])cc3)CC2)cc1. The number of non-ortho nitro benzene ring substituents is 1. The second-order valence-corrected chi connectivity index (χ2v) is 6.33. The van der Waals surface area contributed by atoms with Crippen LogP contribution >= 0.6 is 0 Å². The van der Waals surface area contributed by atoms with Crippen molar-refractivity contribution < 1.29 is 9.72 Å². The van der Waals surface area contributed by atoms with Crippen molar-refractivity contribution in [1.29, 1.82) is 0 Å². The summed E-state index contributed by atoms with van der Waals surface area (Å²) in [7, 11) is 0. The van der Waals surface area contributed by atoms with Crippen molar-refractivity contribution in [3.63, 3.8) is 0 Å². The Labute approximate surface area is 152 Å². The lowest BCUT2D eigenvalue weighted by atomic mass is 10.1. The fourth-order valence-electron chi connectivity index (χ4n) is 2.92. The van der Waals surface area contributed by atoms with Crippen LogP contribution in [0, 0.1) is 17.0 Å². The number of rotatable bonds is 4. The summed E-state index contributed by atoms with van der Waals surface area (Å²) in [6, 6.07) is 14.6. The minimum Gasteiger partial charge on any atom is -0.368 e. The highest BCUT2D eigenvalue weighted by Gasteiger charge is 2.20. The highest BCUT2D eigenvalue weighted by atomic mass is 16.6. The Morgan fingerprint density at radius 3 is 2.19 bits per heavy atom. The van der Waals surface area contributed by atoms with Crippen LogP contribution in [0.3, 0.4) is 0 Å². The molecule has 6 nitrogen and oxygen atoms in total. The van der Waals surface area contributed by atoms with Crippen LogP contribution in [0.2, 0.25) is 0 Å². The average Bonchev–Trinajstić information content (AvgIpc) is 2.67.